The second kappa shape index (κ2) is 6.08. The predicted octanol–water partition coefficient (Wildman–Crippen LogP) is 2.67. The smallest absolute Gasteiger partial charge is 0.262 e. The molecule has 0 saturated heterocycles. The predicted molar refractivity (Wildman–Crippen MR) is 87.8 cm³/mol. The van der Waals surface area contributed by atoms with Gasteiger partial charge in [-0.05, 0) is 50.1 Å². The van der Waals surface area contributed by atoms with Gasteiger partial charge in [-0.25, -0.2) is 9.50 Å². The van der Waals surface area contributed by atoms with Gasteiger partial charge in [0.25, 0.3) is 5.91 Å². The first-order valence-electron chi connectivity index (χ1n) is 7.34. The van der Waals surface area contributed by atoms with Crippen LogP contribution in [-0.2, 0) is 4.79 Å². The lowest BCUT2D eigenvalue weighted by Crippen LogP contribution is -2.20. The maximum atomic E-state index is 12.0. The van der Waals surface area contributed by atoms with Crippen molar-refractivity contribution < 1.29 is 9.53 Å². The lowest BCUT2D eigenvalue weighted by Gasteiger charge is -2.10. The van der Waals surface area contributed by atoms with E-state index in [4.69, 9.17) is 4.74 Å². The number of carbonyl (C=O) groups excluding carboxylic acids is 1. The molecule has 0 aliphatic carbocycles. The van der Waals surface area contributed by atoms with Gasteiger partial charge in [-0.15, -0.1) is 0 Å². The molecule has 2 aromatic heterocycles. The number of benzene rings is 1. The molecule has 6 heteroatoms. The van der Waals surface area contributed by atoms with Crippen molar-refractivity contribution in [1.82, 2.24) is 14.6 Å². The van der Waals surface area contributed by atoms with Crippen LogP contribution in [0.3, 0.4) is 0 Å². The number of rotatable bonds is 4. The quantitative estimate of drug-likeness (QED) is 0.804. The van der Waals surface area contributed by atoms with Gasteiger partial charge in [-0.3, -0.25) is 4.79 Å². The number of nitrogens with zero attached hydrogens (tertiary/aromatic N) is 3. The number of ether oxygens (including phenoxy) is 1. The first kappa shape index (κ1) is 15.0. The number of amides is 1. The number of nitrogens with one attached hydrogen (secondary N) is 1. The number of pyridine rings is 1. The van der Waals surface area contributed by atoms with Gasteiger partial charge >= 0.3 is 0 Å². The van der Waals surface area contributed by atoms with E-state index in [2.05, 4.69) is 15.4 Å². The number of carbonyl (C=O) groups is 1. The number of hydrogen-bond acceptors (Lipinski definition) is 4. The van der Waals surface area contributed by atoms with Crippen LogP contribution < -0.4 is 10.1 Å². The minimum atomic E-state index is -0.220. The summed E-state index contributed by atoms with van der Waals surface area (Å²) in [4.78, 5) is 16.3. The van der Waals surface area contributed by atoms with Crippen molar-refractivity contribution in [2.75, 3.05) is 11.9 Å². The fourth-order valence-electron chi connectivity index (χ4n) is 2.27. The van der Waals surface area contributed by atoms with Crippen LogP contribution in [-0.4, -0.2) is 27.1 Å². The number of aromatic nitrogens is 3. The average molecular weight is 310 g/mol. The highest BCUT2D eigenvalue weighted by atomic mass is 16.5. The third kappa shape index (κ3) is 3.48. The van der Waals surface area contributed by atoms with Crippen molar-refractivity contribution in [3.8, 4) is 5.75 Å². The van der Waals surface area contributed by atoms with Crippen molar-refractivity contribution >= 4 is 17.2 Å². The van der Waals surface area contributed by atoms with E-state index < -0.39 is 0 Å². The van der Waals surface area contributed by atoms with Gasteiger partial charge in [0, 0.05) is 0 Å². The molecule has 23 heavy (non-hydrogen) atoms. The first-order valence-corrected chi connectivity index (χ1v) is 7.34. The highest BCUT2D eigenvalue weighted by Crippen LogP contribution is 2.19. The van der Waals surface area contributed by atoms with Crippen LogP contribution in [0.1, 0.15) is 17.0 Å². The van der Waals surface area contributed by atoms with Gasteiger partial charge in [0.2, 0.25) is 0 Å². The van der Waals surface area contributed by atoms with Crippen molar-refractivity contribution in [2.45, 2.75) is 20.8 Å². The summed E-state index contributed by atoms with van der Waals surface area (Å²) in [5.74, 6) is 1.19. The van der Waals surface area contributed by atoms with Crippen molar-refractivity contribution in [3.05, 3.63) is 53.5 Å². The van der Waals surface area contributed by atoms with Gasteiger partial charge in [0.1, 0.15) is 11.6 Å². The molecule has 2 heterocycles. The van der Waals surface area contributed by atoms with Crippen LogP contribution in [0.5, 0.6) is 5.75 Å². The standard InChI is InChI=1S/C17H18N4O2/c1-11-4-5-12(2)15(8-11)23-10-17(22)19-14-6-7-16-18-13(3)20-21(16)9-14/h4-9H,10H2,1-3H3,(H,19,22). The van der Waals surface area contributed by atoms with Crippen LogP contribution in [0.2, 0.25) is 0 Å². The Bertz CT molecular complexity index is 870. The Labute approximate surface area is 134 Å². The number of anilines is 1. The second-order valence-corrected chi connectivity index (χ2v) is 5.49. The lowest BCUT2D eigenvalue weighted by molar-refractivity contribution is -0.118. The average Bonchev–Trinajstić information content (AvgIpc) is 2.87. The Morgan fingerprint density at radius 1 is 1.22 bits per heavy atom. The van der Waals surface area contributed by atoms with Gasteiger partial charge < -0.3 is 10.1 Å². The Morgan fingerprint density at radius 2 is 2.04 bits per heavy atom. The highest BCUT2D eigenvalue weighted by molar-refractivity contribution is 5.91. The lowest BCUT2D eigenvalue weighted by atomic mass is 10.1. The molecule has 1 amide bonds. The summed E-state index contributed by atoms with van der Waals surface area (Å²) in [6.07, 6.45) is 1.73. The molecule has 1 aromatic carbocycles. The molecule has 0 spiro atoms. The van der Waals surface area contributed by atoms with Crippen LogP contribution in [0.25, 0.3) is 5.65 Å². The summed E-state index contributed by atoms with van der Waals surface area (Å²) in [5.41, 5.74) is 3.49. The van der Waals surface area contributed by atoms with E-state index >= 15 is 0 Å². The maximum absolute atomic E-state index is 12.0. The minimum Gasteiger partial charge on any atom is -0.483 e. The molecule has 1 N–H and O–H groups in total. The minimum absolute atomic E-state index is 0.0429. The summed E-state index contributed by atoms with van der Waals surface area (Å²) >= 11 is 0. The third-order valence-electron chi connectivity index (χ3n) is 3.42. The molecule has 6 nitrogen and oxygen atoms in total. The Morgan fingerprint density at radius 3 is 2.87 bits per heavy atom. The summed E-state index contributed by atoms with van der Waals surface area (Å²) in [6, 6.07) is 9.51. The van der Waals surface area contributed by atoms with E-state index in [1.807, 2.05) is 39.0 Å². The van der Waals surface area contributed by atoms with Crippen molar-refractivity contribution in [1.29, 1.82) is 0 Å². The van der Waals surface area contributed by atoms with E-state index in [9.17, 15) is 4.79 Å². The molecule has 3 aromatic rings. The molecule has 0 atom stereocenters. The highest BCUT2D eigenvalue weighted by Gasteiger charge is 2.07. The summed E-state index contributed by atoms with van der Waals surface area (Å²) in [5, 5.41) is 7.01. The van der Waals surface area contributed by atoms with Gasteiger partial charge in [-0.2, -0.15) is 5.10 Å². The molecule has 0 bridgehead atoms. The number of aryl methyl sites for hydroxylation is 3. The normalized spacial score (nSPS) is 10.7. The Balaban J connectivity index is 1.65. The number of hydrogen-bond donors (Lipinski definition) is 1. The van der Waals surface area contributed by atoms with E-state index in [-0.39, 0.29) is 12.5 Å². The summed E-state index contributed by atoms with van der Waals surface area (Å²) < 4.78 is 7.23. The fraction of sp³-hybridized carbons (Fsp3) is 0.235. The molecule has 0 aliphatic heterocycles. The molecular weight excluding hydrogens is 292 g/mol. The van der Waals surface area contributed by atoms with E-state index in [1.165, 1.54) is 0 Å². The van der Waals surface area contributed by atoms with E-state index in [0.717, 1.165) is 22.5 Å². The maximum Gasteiger partial charge on any atom is 0.262 e. The Hall–Kier alpha value is -2.89. The van der Waals surface area contributed by atoms with Crippen molar-refractivity contribution in [3.63, 3.8) is 0 Å². The molecular formula is C17H18N4O2. The zero-order valence-corrected chi connectivity index (χ0v) is 13.3. The molecule has 0 saturated carbocycles. The molecule has 118 valence electrons. The third-order valence-corrected chi connectivity index (χ3v) is 3.42. The summed E-state index contributed by atoms with van der Waals surface area (Å²) in [6.45, 7) is 5.72. The van der Waals surface area contributed by atoms with Gasteiger partial charge in [0.15, 0.2) is 12.3 Å². The fourth-order valence-corrected chi connectivity index (χ4v) is 2.27. The van der Waals surface area contributed by atoms with Crippen LogP contribution in [0, 0.1) is 20.8 Å². The topological polar surface area (TPSA) is 68.5 Å². The van der Waals surface area contributed by atoms with Crippen LogP contribution in [0.4, 0.5) is 5.69 Å². The first-order chi connectivity index (χ1) is 11.0. The Kier molecular flexibility index (Phi) is 3.97. The zero-order chi connectivity index (χ0) is 16.4. The van der Waals surface area contributed by atoms with Gasteiger partial charge in [-0.1, -0.05) is 12.1 Å². The second-order valence-electron chi connectivity index (χ2n) is 5.49. The molecule has 0 aliphatic rings. The largest absolute Gasteiger partial charge is 0.483 e. The molecule has 0 fully saturated rings. The van der Waals surface area contributed by atoms with Crippen LogP contribution >= 0.6 is 0 Å². The summed E-state index contributed by atoms with van der Waals surface area (Å²) in [7, 11) is 0. The zero-order valence-electron chi connectivity index (χ0n) is 13.3. The monoisotopic (exact) mass is 310 g/mol. The SMILES string of the molecule is Cc1ccc(C)c(OCC(=O)Nc2ccc3nc(C)nn3c2)c1. The van der Waals surface area contributed by atoms with Crippen molar-refractivity contribution in [2.24, 2.45) is 0 Å². The van der Waals surface area contributed by atoms with E-state index in [1.54, 1.807) is 22.8 Å². The number of fused-ring (bicyclic) bond motifs is 1. The van der Waals surface area contributed by atoms with Gasteiger partial charge in [0.05, 0.1) is 11.9 Å². The molecule has 0 unspecified atom stereocenters. The molecule has 0 radical (unpaired) electrons. The van der Waals surface area contributed by atoms with Crippen LogP contribution in [0.15, 0.2) is 36.5 Å². The molecule has 3 rings (SSSR count). The van der Waals surface area contributed by atoms with E-state index in [0.29, 0.717) is 11.5 Å².